The molecule has 10 heteroatoms. The molecule has 3 atom stereocenters. The van der Waals surface area contributed by atoms with Crippen molar-refractivity contribution in [3.8, 4) is 11.6 Å². The number of fused-ring (bicyclic) bond motifs is 1. The molecule has 1 aliphatic carbocycles. The van der Waals surface area contributed by atoms with Crippen molar-refractivity contribution < 1.29 is 22.4 Å². The molecule has 39 heavy (non-hydrogen) atoms. The molecule has 1 aliphatic heterocycles. The lowest BCUT2D eigenvalue weighted by atomic mass is 9.96. The lowest BCUT2D eigenvalue weighted by molar-refractivity contribution is -0.137. The SMILES string of the molecule is CC[C@@H]1C[C@H]1c1cc(C(F)(F)F)cnc1-c1nnc(N[C@@H]2N=C(c3ccccc3)c3ccccc3CC2=O)o1. The molecular weight excluding hydrogens is 507 g/mol. The highest BCUT2D eigenvalue weighted by molar-refractivity contribution is 6.16. The van der Waals surface area contributed by atoms with Crippen LogP contribution in [0.5, 0.6) is 0 Å². The van der Waals surface area contributed by atoms with Gasteiger partial charge in [0.25, 0.3) is 5.89 Å². The zero-order chi connectivity index (χ0) is 27.1. The van der Waals surface area contributed by atoms with Crippen LogP contribution in [0.2, 0.25) is 0 Å². The normalized spacial score (nSPS) is 20.7. The number of ketones is 1. The largest absolute Gasteiger partial charge is 0.417 e. The van der Waals surface area contributed by atoms with Gasteiger partial charge in [0.05, 0.1) is 11.3 Å². The van der Waals surface area contributed by atoms with E-state index in [1.54, 1.807) is 0 Å². The number of alkyl halides is 3. The first-order valence-corrected chi connectivity index (χ1v) is 12.7. The molecule has 0 unspecified atom stereocenters. The minimum atomic E-state index is -4.51. The van der Waals surface area contributed by atoms with Gasteiger partial charge in [0.15, 0.2) is 11.9 Å². The van der Waals surface area contributed by atoms with E-state index in [1.165, 1.54) is 0 Å². The molecule has 2 aliphatic rings. The molecule has 4 aromatic rings. The molecule has 7 nitrogen and oxygen atoms in total. The summed E-state index contributed by atoms with van der Waals surface area (Å²) in [5, 5.41) is 11.0. The summed E-state index contributed by atoms with van der Waals surface area (Å²) in [5.74, 6) is 0.0263. The molecule has 1 fully saturated rings. The van der Waals surface area contributed by atoms with E-state index in [0.29, 0.717) is 11.3 Å². The van der Waals surface area contributed by atoms with Crippen molar-refractivity contribution in [3.05, 3.63) is 94.7 Å². The van der Waals surface area contributed by atoms with Gasteiger partial charge in [-0.2, -0.15) is 13.2 Å². The summed E-state index contributed by atoms with van der Waals surface area (Å²) in [7, 11) is 0. The monoisotopic (exact) mass is 531 g/mol. The zero-order valence-electron chi connectivity index (χ0n) is 20.9. The lowest BCUT2D eigenvalue weighted by Crippen LogP contribution is -2.29. The molecule has 198 valence electrons. The third-order valence-electron chi connectivity index (χ3n) is 7.23. The van der Waals surface area contributed by atoms with Crippen LogP contribution in [0, 0.1) is 5.92 Å². The van der Waals surface area contributed by atoms with Crippen molar-refractivity contribution in [2.75, 3.05) is 5.32 Å². The fourth-order valence-corrected chi connectivity index (χ4v) is 5.07. The molecule has 0 spiro atoms. The smallest absolute Gasteiger partial charge is 0.402 e. The van der Waals surface area contributed by atoms with Crippen molar-refractivity contribution in [2.45, 2.75) is 44.4 Å². The van der Waals surface area contributed by atoms with E-state index >= 15 is 0 Å². The van der Waals surface area contributed by atoms with Gasteiger partial charge >= 0.3 is 12.2 Å². The molecule has 3 heterocycles. The van der Waals surface area contributed by atoms with Gasteiger partial charge in [0.1, 0.15) is 5.69 Å². The number of hydrogen-bond donors (Lipinski definition) is 1. The third-order valence-corrected chi connectivity index (χ3v) is 7.23. The highest BCUT2D eigenvalue weighted by Gasteiger charge is 2.41. The first-order valence-electron chi connectivity index (χ1n) is 12.7. The molecule has 0 bridgehead atoms. The first kappa shape index (κ1) is 25.0. The Morgan fingerprint density at radius 2 is 1.82 bits per heavy atom. The number of halogens is 3. The fraction of sp³-hybridized carbons (Fsp3) is 0.276. The summed E-state index contributed by atoms with van der Waals surface area (Å²) >= 11 is 0. The van der Waals surface area contributed by atoms with Crippen LogP contribution in [0.4, 0.5) is 19.2 Å². The van der Waals surface area contributed by atoms with Gasteiger partial charge in [-0.1, -0.05) is 73.0 Å². The molecule has 6 rings (SSSR count). The number of anilines is 1. The van der Waals surface area contributed by atoms with E-state index in [9.17, 15) is 18.0 Å². The van der Waals surface area contributed by atoms with Crippen LogP contribution in [0.25, 0.3) is 11.6 Å². The molecule has 0 radical (unpaired) electrons. The molecular formula is C29H24F3N5O2. The fourth-order valence-electron chi connectivity index (χ4n) is 5.07. The average molecular weight is 532 g/mol. The number of carbonyl (C=O) groups is 1. The molecule has 0 saturated heterocycles. The van der Waals surface area contributed by atoms with E-state index in [2.05, 4.69) is 20.5 Å². The minimum absolute atomic E-state index is 0.0143. The van der Waals surface area contributed by atoms with Gasteiger partial charge < -0.3 is 9.73 Å². The number of Topliss-reactive ketones (excluding diaryl/α,β-unsaturated/α-hetero) is 1. The molecule has 1 N–H and O–H groups in total. The molecule has 1 saturated carbocycles. The first-order chi connectivity index (χ1) is 18.8. The van der Waals surface area contributed by atoms with Crippen molar-refractivity contribution >= 4 is 17.5 Å². The number of carbonyl (C=O) groups excluding carboxylic acids is 1. The standard InChI is InChI=1S/C29H24F3N5O2/c1-2-16-12-21(16)22-14-19(29(30,31)32)15-33-25(22)27-36-37-28(39-27)35-26-23(38)13-18-10-6-7-11-20(18)24(34-26)17-8-4-3-5-9-17/h3-11,14-16,21,26H,2,12-13H2,1H3,(H,35,37)/t16-,21-,26+/m1/s1. The van der Waals surface area contributed by atoms with Crippen LogP contribution in [-0.2, 0) is 17.4 Å². The third kappa shape index (κ3) is 4.94. The summed E-state index contributed by atoms with van der Waals surface area (Å²) in [6, 6.07) is 18.2. The Kier molecular flexibility index (Phi) is 6.25. The Bertz CT molecular complexity index is 1560. The van der Waals surface area contributed by atoms with Crippen LogP contribution >= 0.6 is 0 Å². The maximum Gasteiger partial charge on any atom is 0.417 e. The second-order valence-electron chi connectivity index (χ2n) is 9.77. The van der Waals surface area contributed by atoms with Crippen LogP contribution in [-0.4, -0.2) is 32.8 Å². The number of benzene rings is 2. The van der Waals surface area contributed by atoms with Gasteiger partial charge in [-0.05, 0) is 35.4 Å². The van der Waals surface area contributed by atoms with Crippen molar-refractivity contribution in [2.24, 2.45) is 10.9 Å². The quantitative estimate of drug-likeness (QED) is 0.325. The van der Waals surface area contributed by atoms with Crippen LogP contribution in [0.1, 0.15) is 53.5 Å². The Hall–Kier alpha value is -4.34. The van der Waals surface area contributed by atoms with Gasteiger partial charge in [-0.3, -0.25) is 14.8 Å². The Morgan fingerprint density at radius 3 is 2.56 bits per heavy atom. The van der Waals surface area contributed by atoms with Gasteiger partial charge in [0.2, 0.25) is 0 Å². The molecule has 2 aromatic heterocycles. The summed E-state index contributed by atoms with van der Waals surface area (Å²) in [6.07, 6.45) is -2.95. The number of pyridine rings is 1. The Balaban J connectivity index is 1.33. The number of aromatic nitrogens is 3. The van der Waals surface area contributed by atoms with Gasteiger partial charge in [0, 0.05) is 23.7 Å². The average Bonchev–Trinajstić information content (AvgIpc) is 3.61. The molecule has 2 aromatic carbocycles. The van der Waals surface area contributed by atoms with Crippen LogP contribution in [0.15, 0.2) is 76.3 Å². The number of aliphatic imine (C=N–C) groups is 1. The predicted molar refractivity (Wildman–Crippen MR) is 138 cm³/mol. The number of nitrogens with zero attached hydrogens (tertiary/aromatic N) is 4. The number of nitrogens with one attached hydrogen (secondary N) is 1. The van der Waals surface area contributed by atoms with Crippen molar-refractivity contribution in [3.63, 3.8) is 0 Å². The molecule has 0 amide bonds. The maximum atomic E-state index is 13.4. The van der Waals surface area contributed by atoms with Crippen molar-refractivity contribution in [1.29, 1.82) is 0 Å². The van der Waals surface area contributed by atoms with Crippen molar-refractivity contribution in [1.82, 2.24) is 15.2 Å². The van der Waals surface area contributed by atoms with Crippen LogP contribution in [0.3, 0.4) is 0 Å². The van der Waals surface area contributed by atoms with E-state index in [-0.39, 0.29) is 41.6 Å². The summed E-state index contributed by atoms with van der Waals surface area (Å²) in [6.45, 7) is 2.01. The summed E-state index contributed by atoms with van der Waals surface area (Å²) < 4.78 is 46.0. The maximum absolute atomic E-state index is 13.4. The predicted octanol–water partition coefficient (Wildman–Crippen LogP) is 6.06. The van der Waals surface area contributed by atoms with Crippen LogP contribution < -0.4 is 5.32 Å². The lowest BCUT2D eigenvalue weighted by Gasteiger charge is -2.12. The van der Waals surface area contributed by atoms with E-state index in [4.69, 9.17) is 9.41 Å². The summed E-state index contributed by atoms with van der Waals surface area (Å²) in [4.78, 5) is 22.0. The minimum Gasteiger partial charge on any atom is -0.402 e. The van der Waals surface area contributed by atoms with E-state index < -0.39 is 17.9 Å². The number of hydrogen-bond acceptors (Lipinski definition) is 7. The van der Waals surface area contributed by atoms with Gasteiger partial charge in [-0.25, -0.2) is 0 Å². The Morgan fingerprint density at radius 1 is 1.05 bits per heavy atom. The highest BCUT2D eigenvalue weighted by Crippen LogP contribution is 2.52. The highest BCUT2D eigenvalue weighted by atomic mass is 19.4. The second-order valence-corrected chi connectivity index (χ2v) is 9.77. The number of rotatable bonds is 6. The van der Waals surface area contributed by atoms with E-state index in [1.807, 2.05) is 61.5 Å². The topological polar surface area (TPSA) is 93.3 Å². The van der Waals surface area contributed by atoms with Gasteiger partial charge in [-0.15, -0.1) is 5.10 Å². The zero-order valence-corrected chi connectivity index (χ0v) is 20.9. The second kappa shape index (κ2) is 9.76. The Labute approximate surface area is 222 Å². The van der Waals surface area contributed by atoms with E-state index in [0.717, 1.165) is 41.8 Å². The summed E-state index contributed by atoms with van der Waals surface area (Å²) in [5.41, 5.74) is 3.07.